The molecule has 1 unspecified atom stereocenters. The second-order valence-corrected chi connectivity index (χ2v) is 5.68. The number of hydrogen-bond donors (Lipinski definition) is 2. The van der Waals surface area contributed by atoms with E-state index in [0.29, 0.717) is 39.1 Å². The van der Waals surface area contributed by atoms with Crippen molar-refractivity contribution in [3.05, 3.63) is 0 Å². The van der Waals surface area contributed by atoms with Crippen LogP contribution in [-0.2, 0) is 14.3 Å². The smallest absolute Gasteiger partial charge is 0.227 e. The normalized spacial score (nSPS) is 29.6. The minimum absolute atomic E-state index is 0. The number of ether oxygens (including phenoxy) is 2. The predicted octanol–water partition coefficient (Wildman–Crippen LogP) is 0.849. The topological polar surface area (TPSA) is 73.6 Å². The van der Waals surface area contributed by atoms with Crippen LogP contribution in [0.2, 0.25) is 0 Å². The Hall–Kier alpha value is -0.360. The van der Waals surface area contributed by atoms with E-state index >= 15 is 0 Å². The Morgan fingerprint density at radius 3 is 2.47 bits per heavy atom. The summed E-state index contributed by atoms with van der Waals surface area (Å²) in [5.41, 5.74) is 5.17. The molecule has 112 valence electrons. The van der Waals surface area contributed by atoms with Crippen LogP contribution < -0.4 is 11.1 Å². The number of hydrogen-bond acceptors (Lipinski definition) is 4. The van der Waals surface area contributed by atoms with Crippen LogP contribution in [0.15, 0.2) is 0 Å². The molecule has 2 aliphatic rings. The third-order valence-electron chi connectivity index (χ3n) is 4.25. The molecular weight excluding hydrogens is 268 g/mol. The van der Waals surface area contributed by atoms with Gasteiger partial charge in [-0.2, -0.15) is 0 Å². The van der Waals surface area contributed by atoms with Crippen molar-refractivity contribution in [2.24, 2.45) is 11.1 Å². The Balaban J connectivity index is 0.00000180. The molecule has 2 aliphatic heterocycles. The van der Waals surface area contributed by atoms with Crippen molar-refractivity contribution in [1.82, 2.24) is 5.32 Å². The largest absolute Gasteiger partial charge is 0.381 e. The molecule has 0 radical (unpaired) electrons. The minimum Gasteiger partial charge on any atom is -0.381 e. The van der Waals surface area contributed by atoms with E-state index in [9.17, 15) is 4.79 Å². The monoisotopic (exact) mass is 292 g/mol. The van der Waals surface area contributed by atoms with Crippen LogP contribution in [0.5, 0.6) is 0 Å². The molecule has 0 spiro atoms. The van der Waals surface area contributed by atoms with E-state index in [1.165, 1.54) is 0 Å². The molecule has 0 aromatic heterocycles. The van der Waals surface area contributed by atoms with Crippen molar-refractivity contribution in [2.75, 3.05) is 32.9 Å². The summed E-state index contributed by atoms with van der Waals surface area (Å²) >= 11 is 0. The van der Waals surface area contributed by atoms with Crippen LogP contribution in [0.4, 0.5) is 0 Å². The maximum atomic E-state index is 12.3. The van der Waals surface area contributed by atoms with Crippen molar-refractivity contribution >= 4 is 18.3 Å². The summed E-state index contributed by atoms with van der Waals surface area (Å²) in [4.78, 5) is 12.3. The molecule has 5 nitrogen and oxygen atoms in total. The number of carbonyl (C=O) groups excluding carboxylic acids is 1. The van der Waals surface area contributed by atoms with Gasteiger partial charge in [0.25, 0.3) is 0 Å². The fraction of sp³-hybridized carbons (Fsp3) is 0.923. The first-order valence-electron chi connectivity index (χ1n) is 6.80. The molecule has 19 heavy (non-hydrogen) atoms. The molecule has 0 aliphatic carbocycles. The van der Waals surface area contributed by atoms with Gasteiger partial charge in [-0.15, -0.1) is 12.4 Å². The van der Waals surface area contributed by atoms with Gasteiger partial charge < -0.3 is 20.5 Å². The Kier molecular flexibility index (Phi) is 6.05. The van der Waals surface area contributed by atoms with Gasteiger partial charge in [0, 0.05) is 32.9 Å². The lowest BCUT2D eigenvalue weighted by Crippen LogP contribution is -2.52. The molecular formula is C13H25ClN2O3. The molecule has 2 rings (SSSR count). The lowest BCUT2D eigenvalue weighted by molar-refractivity contribution is -0.137. The molecule has 0 bridgehead atoms. The van der Waals surface area contributed by atoms with Crippen LogP contribution in [0.1, 0.15) is 32.6 Å². The molecule has 0 aromatic rings. The maximum absolute atomic E-state index is 12.3. The van der Waals surface area contributed by atoms with Crippen molar-refractivity contribution in [3.8, 4) is 0 Å². The second-order valence-electron chi connectivity index (χ2n) is 5.68. The lowest BCUT2D eigenvalue weighted by atomic mass is 9.79. The highest BCUT2D eigenvalue weighted by Gasteiger charge is 2.40. The highest BCUT2D eigenvalue weighted by atomic mass is 35.5. The van der Waals surface area contributed by atoms with Gasteiger partial charge in [-0.1, -0.05) is 0 Å². The summed E-state index contributed by atoms with van der Waals surface area (Å²) in [6, 6.07) is 0. The zero-order chi connectivity index (χ0) is 13.1. The molecule has 2 saturated heterocycles. The quantitative estimate of drug-likeness (QED) is 0.806. The van der Waals surface area contributed by atoms with Crippen molar-refractivity contribution in [3.63, 3.8) is 0 Å². The van der Waals surface area contributed by atoms with E-state index in [1.54, 1.807) is 0 Å². The SMILES string of the molecule is CC1(CNC(=O)C2(CN)CCOCC2)CCCO1.Cl. The van der Waals surface area contributed by atoms with Crippen molar-refractivity contribution in [1.29, 1.82) is 0 Å². The first-order valence-corrected chi connectivity index (χ1v) is 6.80. The molecule has 0 saturated carbocycles. The second kappa shape index (κ2) is 6.88. The predicted molar refractivity (Wildman–Crippen MR) is 75.4 cm³/mol. The average Bonchev–Trinajstić information content (AvgIpc) is 2.84. The minimum atomic E-state index is -0.437. The molecule has 0 aromatic carbocycles. The Labute approximate surface area is 121 Å². The number of carbonyl (C=O) groups is 1. The van der Waals surface area contributed by atoms with E-state index in [2.05, 4.69) is 12.2 Å². The Morgan fingerprint density at radius 2 is 1.95 bits per heavy atom. The molecule has 3 N–H and O–H groups in total. The van der Waals surface area contributed by atoms with Crippen LogP contribution in [0, 0.1) is 5.41 Å². The molecule has 2 fully saturated rings. The number of nitrogens with two attached hydrogens (primary N) is 1. The van der Waals surface area contributed by atoms with Crippen LogP contribution in [0.25, 0.3) is 0 Å². The molecule has 6 heteroatoms. The summed E-state index contributed by atoms with van der Waals surface area (Å²) in [7, 11) is 0. The van der Waals surface area contributed by atoms with Crippen molar-refractivity contribution < 1.29 is 14.3 Å². The van der Waals surface area contributed by atoms with Crippen LogP contribution in [-0.4, -0.2) is 44.4 Å². The highest BCUT2D eigenvalue weighted by molar-refractivity contribution is 5.85. The summed E-state index contributed by atoms with van der Waals surface area (Å²) in [6.07, 6.45) is 3.51. The van der Waals surface area contributed by atoms with Crippen molar-refractivity contribution in [2.45, 2.75) is 38.2 Å². The zero-order valence-electron chi connectivity index (χ0n) is 11.6. The maximum Gasteiger partial charge on any atom is 0.227 e. The van der Waals surface area contributed by atoms with Gasteiger partial charge in [0.05, 0.1) is 11.0 Å². The van der Waals surface area contributed by atoms with Crippen LogP contribution in [0.3, 0.4) is 0 Å². The molecule has 1 amide bonds. The van der Waals surface area contributed by atoms with Gasteiger partial charge in [-0.05, 0) is 32.6 Å². The zero-order valence-corrected chi connectivity index (χ0v) is 12.4. The fourth-order valence-electron chi connectivity index (χ4n) is 2.72. The Bertz CT molecular complexity index is 300. The third kappa shape index (κ3) is 3.81. The third-order valence-corrected chi connectivity index (χ3v) is 4.25. The average molecular weight is 293 g/mol. The van der Waals surface area contributed by atoms with Crippen LogP contribution >= 0.6 is 12.4 Å². The number of amides is 1. The van der Waals surface area contributed by atoms with E-state index in [0.717, 1.165) is 19.4 Å². The molecule has 1 atom stereocenters. The first-order chi connectivity index (χ1) is 8.60. The summed E-state index contributed by atoms with van der Waals surface area (Å²) in [6.45, 7) is 5.06. The van der Waals surface area contributed by atoms with Gasteiger partial charge in [0.2, 0.25) is 5.91 Å². The lowest BCUT2D eigenvalue weighted by Gasteiger charge is -2.35. The van der Waals surface area contributed by atoms with E-state index in [1.807, 2.05) is 0 Å². The van der Waals surface area contributed by atoms with Gasteiger partial charge in [-0.25, -0.2) is 0 Å². The first kappa shape index (κ1) is 16.7. The summed E-state index contributed by atoms with van der Waals surface area (Å²) < 4.78 is 11.0. The molecule has 2 heterocycles. The number of nitrogens with one attached hydrogen (secondary N) is 1. The fourth-order valence-corrected chi connectivity index (χ4v) is 2.72. The summed E-state index contributed by atoms with van der Waals surface area (Å²) in [5, 5.41) is 3.03. The summed E-state index contributed by atoms with van der Waals surface area (Å²) in [5.74, 6) is 0.0602. The van der Waals surface area contributed by atoms with Gasteiger partial charge in [0.15, 0.2) is 0 Å². The Morgan fingerprint density at radius 1 is 1.26 bits per heavy atom. The van der Waals surface area contributed by atoms with Gasteiger partial charge >= 0.3 is 0 Å². The standard InChI is InChI=1S/C13H24N2O3.ClH/c1-12(3-2-6-18-12)10-15-11(16)13(9-14)4-7-17-8-5-13;/h2-10,14H2,1H3,(H,15,16);1H. The number of rotatable bonds is 4. The highest BCUT2D eigenvalue weighted by Crippen LogP contribution is 2.30. The van der Waals surface area contributed by atoms with E-state index in [4.69, 9.17) is 15.2 Å². The number of halogens is 1. The van der Waals surface area contributed by atoms with E-state index < -0.39 is 5.41 Å². The van der Waals surface area contributed by atoms with Gasteiger partial charge in [0.1, 0.15) is 0 Å². The van der Waals surface area contributed by atoms with Gasteiger partial charge in [-0.3, -0.25) is 4.79 Å². The van der Waals surface area contributed by atoms with E-state index in [-0.39, 0.29) is 23.9 Å².